The third kappa shape index (κ3) is 4.74. The topological polar surface area (TPSA) is 55.4 Å². The summed E-state index contributed by atoms with van der Waals surface area (Å²) in [4.78, 5) is 24.1. The van der Waals surface area contributed by atoms with Gasteiger partial charge < -0.3 is 10.1 Å². The Morgan fingerprint density at radius 2 is 1.64 bits per heavy atom. The molecule has 130 valence electrons. The predicted octanol–water partition coefficient (Wildman–Crippen LogP) is 4.67. The van der Waals surface area contributed by atoms with Crippen LogP contribution in [0.4, 0.5) is 5.69 Å². The molecule has 0 spiro atoms. The summed E-state index contributed by atoms with van der Waals surface area (Å²) >= 11 is 11.8. The molecule has 1 aliphatic carbocycles. The molecule has 1 aliphatic rings. The van der Waals surface area contributed by atoms with E-state index in [1.54, 1.807) is 24.3 Å². The van der Waals surface area contributed by atoms with Crippen molar-refractivity contribution in [2.45, 2.75) is 25.7 Å². The zero-order valence-electron chi connectivity index (χ0n) is 13.5. The number of carbonyl (C=O) groups excluding carboxylic acids is 2. The van der Waals surface area contributed by atoms with E-state index in [4.69, 9.17) is 27.9 Å². The number of rotatable bonds is 4. The SMILES string of the molecule is O=C(COC(=O)c1ccc2c(c1)CCCC2)Nc1cc(Cl)cc(Cl)c1. The maximum absolute atomic E-state index is 12.2. The monoisotopic (exact) mass is 377 g/mol. The van der Waals surface area contributed by atoms with E-state index in [2.05, 4.69) is 5.32 Å². The number of aryl methyl sites for hydroxylation is 2. The first-order chi connectivity index (χ1) is 12.0. The molecule has 2 aromatic carbocycles. The van der Waals surface area contributed by atoms with Gasteiger partial charge in [-0.2, -0.15) is 0 Å². The van der Waals surface area contributed by atoms with Gasteiger partial charge in [0.25, 0.3) is 5.91 Å². The van der Waals surface area contributed by atoms with Crippen molar-refractivity contribution in [3.05, 3.63) is 63.1 Å². The molecule has 0 bridgehead atoms. The fourth-order valence-corrected chi connectivity index (χ4v) is 3.42. The first kappa shape index (κ1) is 17.8. The minimum atomic E-state index is -0.507. The van der Waals surface area contributed by atoms with E-state index in [0.717, 1.165) is 19.3 Å². The Morgan fingerprint density at radius 3 is 2.36 bits per heavy atom. The second-order valence-corrected chi connectivity index (χ2v) is 6.85. The summed E-state index contributed by atoms with van der Waals surface area (Å²) in [5.74, 6) is -0.961. The van der Waals surface area contributed by atoms with E-state index in [1.807, 2.05) is 12.1 Å². The van der Waals surface area contributed by atoms with Gasteiger partial charge in [0.1, 0.15) is 0 Å². The Labute approximate surface area is 156 Å². The average Bonchev–Trinajstić information content (AvgIpc) is 2.58. The van der Waals surface area contributed by atoms with E-state index >= 15 is 0 Å². The lowest BCUT2D eigenvalue weighted by molar-refractivity contribution is -0.119. The number of anilines is 1. The molecule has 1 amide bonds. The van der Waals surface area contributed by atoms with Gasteiger partial charge in [-0.3, -0.25) is 4.79 Å². The maximum atomic E-state index is 12.2. The van der Waals surface area contributed by atoms with Gasteiger partial charge in [-0.15, -0.1) is 0 Å². The van der Waals surface area contributed by atoms with Crippen LogP contribution in [-0.2, 0) is 22.4 Å². The number of carbonyl (C=O) groups is 2. The molecular weight excluding hydrogens is 361 g/mol. The number of halogens is 2. The highest BCUT2D eigenvalue weighted by Crippen LogP contribution is 2.23. The standard InChI is InChI=1S/C19H17Cl2NO3/c20-15-8-16(21)10-17(9-15)22-18(23)11-25-19(24)14-6-5-12-3-1-2-4-13(12)7-14/h5-10H,1-4,11H2,(H,22,23). The molecule has 0 fully saturated rings. The van der Waals surface area contributed by atoms with E-state index < -0.39 is 11.9 Å². The van der Waals surface area contributed by atoms with Gasteiger partial charge >= 0.3 is 5.97 Å². The van der Waals surface area contributed by atoms with E-state index in [-0.39, 0.29) is 6.61 Å². The Morgan fingerprint density at radius 1 is 0.960 bits per heavy atom. The van der Waals surface area contributed by atoms with E-state index in [1.165, 1.54) is 17.5 Å². The summed E-state index contributed by atoms with van der Waals surface area (Å²) in [6, 6.07) is 10.3. The summed E-state index contributed by atoms with van der Waals surface area (Å²) in [5, 5.41) is 3.42. The average molecular weight is 378 g/mol. The van der Waals surface area contributed by atoms with Crippen molar-refractivity contribution in [2.75, 3.05) is 11.9 Å². The van der Waals surface area contributed by atoms with Crippen molar-refractivity contribution < 1.29 is 14.3 Å². The zero-order valence-corrected chi connectivity index (χ0v) is 15.0. The van der Waals surface area contributed by atoms with Crippen LogP contribution in [0.2, 0.25) is 10.0 Å². The van der Waals surface area contributed by atoms with Crippen molar-refractivity contribution in [3.8, 4) is 0 Å². The number of nitrogens with one attached hydrogen (secondary N) is 1. The highest BCUT2D eigenvalue weighted by molar-refractivity contribution is 6.35. The van der Waals surface area contributed by atoms with Gasteiger partial charge in [0.2, 0.25) is 0 Å². The number of ether oxygens (including phenoxy) is 1. The molecule has 6 heteroatoms. The van der Waals surface area contributed by atoms with Crippen LogP contribution in [0.1, 0.15) is 34.3 Å². The van der Waals surface area contributed by atoms with Crippen molar-refractivity contribution in [1.82, 2.24) is 0 Å². The lowest BCUT2D eigenvalue weighted by Crippen LogP contribution is -2.21. The fourth-order valence-electron chi connectivity index (χ4n) is 2.90. The molecule has 0 radical (unpaired) electrons. The smallest absolute Gasteiger partial charge is 0.338 e. The van der Waals surface area contributed by atoms with Crippen LogP contribution in [0.25, 0.3) is 0 Å². The molecule has 0 saturated heterocycles. The fraction of sp³-hybridized carbons (Fsp3) is 0.263. The Kier molecular flexibility index (Phi) is 5.61. The molecule has 0 aromatic heterocycles. The molecule has 0 heterocycles. The summed E-state index contributed by atoms with van der Waals surface area (Å²) < 4.78 is 5.10. The third-order valence-electron chi connectivity index (χ3n) is 4.06. The molecule has 0 atom stereocenters. The minimum absolute atomic E-state index is 0.375. The molecular formula is C19H17Cl2NO3. The van der Waals surface area contributed by atoms with Crippen LogP contribution in [0.5, 0.6) is 0 Å². The van der Waals surface area contributed by atoms with Gasteiger partial charge in [-0.25, -0.2) is 4.79 Å². The molecule has 4 nitrogen and oxygen atoms in total. The number of benzene rings is 2. The van der Waals surface area contributed by atoms with Crippen molar-refractivity contribution in [2.24, 2.45) is 0 Å². The highest BCUT2D eigenvalue weighted by atomic mass is 35.5. The van der Waals surface area contributed by atoms with E-state index in [9.17, 15) is 9.59 Å². The van der Waals surface area contributed by atoms with Crippen molar-refractivity contribution in [3.63, 3.8) is 0 Å². The van der Waals surface area contributed by atoms with Crippen LogP contribution < -0.4 is 5.32 Å². The first-order valence-corrected chi connectivity index (χ1v) is 8.82. The first-order valence-electron chi connectivity index (χ1n) is 8.06. The number of fused-ring (bicyclic) bond motifs is 1. The molecule has 3 rings (SSSR count). The second kappa shape index (κ2) is 7.89. The van der Waals surface area contributed by atoms with Crippen LogP contribution in [0.3, 0.4) is 0 Å². The molecule has 25 heavy (non-hydrogen) atoms. The quantitative estimate of drug-likeness (QED) is 0.787. The van der Waals surface area contributed by atoms with Crippen LogP contribution in [0.15, 0.2) is 36.4 Å². The number of amides is 1. The van der Waals surface area contributed by atoms with Gasteiger partial charge in [0, 0.05) is 15.7 Å². The lowest BCUT2D eigenvalue weighted by atomic mass is 9.90. The molecule has 0 unspecified atom stereocenters. The molecule has 0 saturated carbocycles. The lowest BCUT2D eigenvalue weighted by Gasteiger charge is -2.16. The maximum Gasteiger partial charge on any atom is 0.338 e. The summed E-state index contributed by atoms with van der Waals surface area (Å²) in [6.07, 6.45) is 4.35. The van der Waals surface area contributed by atoms with Crippen LogP contribution >= 0.6 is 23.2 Å². The predicted molar refractivity (Wildman–Crippen MR) is 98.5 cm³/mol. The van der Waals surface area contributed by atoms with E-state index in [0.29, 0.717) is 21.3 Å². The van der Waals surface area contributed by atoms with Gasteiger partial charge in [-0.05, 0) is 67.1 Å². The van der Waals surface area contributed by atoms with Gasteiger partial charge in [-0.1, -0.05) is 29.3 Å². The normalized spacial score (nSPS) is 13.0. The van der Waals surface area contributed by atoms with Crippen molar-refractivity contribution in [1.29, 1.82) is 0 Å². The minimum Gasteiger partial charge on any atom is -0.452 e. The molecule has 2 aromatic rings. The Balaban J connectivity index is 1.57. The molecule has 1 N–H and O–H groups in total. The third-order valence-corrected chi connectivity index (χ3v) is 4.50. The Bertz CT molecular complexity index is 800. The highest BCUT2D eigenvalue weighted by Gasteiger charge is 2.15. The second-order valence-electron chi connectivity index (χ2n) is 5.97. The van der Waals surface area contributed by atoms with Gasteiger partial charge in [0.05, 0.1) is 5.56 Å². The zero-order chi connectivity index (χ0) is 17.8. The summed E-state index contributed by atoms with van der Waals surface area (Å²) in [5.41, 5.74) is 3.41. The van der Waals surface area contributed by atoms with Gasteiger partial charge in [0.15, 0.2) is 6.61 Å². The summed E-state index contributed by atoms with van der Waals surface area (Å²) in [7, 11) is 0. The Hall–Kier alpha value is -2.04. The number of hydrogen-bond donors (Lipinski definition) is 1. The number of esters is 1. The van der Waals surface area contributed by atoms with Crippen LogP contribution in [-0.4, -0.2) is 18.5 Å². The molecule has 0 aliphatic heterocycles. The number of hydrogen-bond acceptors (Lipinski definition) is 3. The summed E-state index contributed by atoms with van der Waals surface area (Å²) in [6.45, 7) is -0.375. The van der Waals surface area contributed by atoms with Crippen LogP contribution in [0, 0.1) is 0 Å². The van der Waals surface area contributed by atoms with Crippen molar-refractivity contribution >= 4 is 40.8 Å². The largest absolute Gasteiger partial charge is 0.452 e.